The molecule has 1 heterocycles. The third-order valence-corrected chi connectivity index (χ3v) is 3.40. The molecule has 6 heteroatoms. The molecule has 100 valence electrons. The zero-order chi connectivity index (χ0) is 12.8. The molecule has 0 saturated heterocycles. The Morgan fingerprint density at radius 3 is 2.78 bits per heavy atom. The van der Waals surface area contributed by atoms with Gasteiger partial charge in [0.2, 0.25) is 0 Å². The van der Waals surface area contributed by atoms with Gasteiger partial charge in [-0.15, -0.1) is 10.2 Å². The number of nitrogens with zero attached hydrogens (tertiary/aromatic N) is 4. The Bertz CT molecular complexity index is 389. The van der Waals surface area contributed by atoms with Crippen LogP contribution >= 0.6 is 0 Å². The van der Waals surface area contributed by atoms with Gasteiger partial charge in [0.05, 0.1) is 0 Å². The summed E-state index contributed by atoms with van der Waals surface area (Å²) in [4.78, 5) is 4.31. The monoisotopic (exact) mass is 250 g/mol. The quantitative estimate of drug-likeness (QED) is 0.475. The van der Waals surface area contributed by atoms with Crippen LogP contribution in [0.4, 0.5) is 0 Å². The van der Waals surface area contributed by atoms with Crippen LogP contribution < -0.4 is 11.1 Å². The van der Waals surface area contributed by atoms with Gasteiger partial charge in [-0.25, -0.2) is 4.99 Å². The highest BCUT2D eigenvalue weighted by molar-refractivity contribution is 5.78. The number of aryl methyl sites for hydroxylation is 1. The minimum atomic E-state index is 0.474. The van der Waals surface area contributed by atoms with Crippen LogP contribution in [0.15, 0.2) is 11.3 Å². The predicted octanol–water partition coefficient (Wildman–Crippen LogP) is 0.942. The van der Waals surface area contributed by atoms with E-state index in [0.29, 0.717) is 18.5 Å². The molecule has 1 aliphatic carbocycles. The number of rotatable bonds is 3. The summed E-state index contributed by atoms with van der Waals surface area (Å²) in [6.45, 7) is 0.474. The van der Waals surface area contributed by atoms with Crippen LogP contribution in [0.3, 0.4) is 0 Å². The van der Waals surface area contributed by atoms with E-state index < -0.39 is 0 Å². The maximum atomic E-state index is 5.90. The first-order chi connectivity index (χ1) is 8.75. The molecular formula is C12H22N6. The highest BCUT2D eigenvalue weighted by Crippen LogP contribution is 2.16. The second-order valence-electron chi connectivity index (χ2n) is 4.89. The maximum absolute atomic E-state index is 5.90. The topological polar surface area (TPSA) is 81.1 Å². The summed E-state index contributed by atoms with van der Waals surface area (Å²) in [5.74, 6) is 1.34. The fourth-order valence-electron chi connectivity index (χ4n) is 2.28. The van der Waals surface area contributed by atoms with E-state index in [1.165, 1.54) is 38.5 Å². The zero-order valence-corrected chi connectivity index (χ0v) is 11.0. The van der Waals surface area contributed by atoms with E-state index in [1.54, 1.807) is 6.33 Å². The van der Waals surface area contributed by atoms with Crippen molar-refractivity contribution in [1.29, 1.82) is 0 Å². The van der Waals surface area contributed by atoms with Crippen LogP contribution in [-0.4, -0.2) is 26.8 Å². The van der Waals surface area contributed by atoms with E-state index in [9.17, 15) is 0 Å². The summed E-state index contributed by atoms with van der Waals surface area (Å²) >= 11 is 0. The van der Waals surface area contributed by atoms with E-state index in [0.717, 1.165) is 5.82 Å². The molecule has 0 unspecified atom stereocenters. The maximum Gasteiger partial charge on any atom is 0.189 e. The summed E-state index contributed by atoms with van der Waals surface area (Å²) in [6, 6.07) is 0.482. The molecule has 0 radical (unpaired) electrons. The van der Waals surface area contributed by atoms with Crippen molar-refractivity contribution in [2.45, 2.75) is 51.1 Å². The molecule has 0 spiro atoms. The molecule has 3 N–H and O–H groups in total. The number of aromatic nitrogens is 3. The zero-order valence-electron chi connectivity index (χ0n) is 11.0. The van der Waals surface area contributed by atoms with E-state index in [1.807, 2.05) is 11.6 Å². The molecule has 1 saturated carbocycles. The standard InChI is InChI=1S/C12H22N6/c1-18-9-15-17-11(18)8-14-12(13)16-10-6-4-2-3-5-7-10/h9-10H,2-8H2,1H3,(H3,13,14,16). The minimum absolute atomic E-state index is 0.474. The molecule has 0 bridgehead atoms. The Hall–Kier alpha value is -1.59. The Morgan fingerprint density at radius 1 is 1.44 bits per heavy atom. The lowest BCUT2D eigenvalue weighted by atomic mass is 10.1. The molecule has 2 rings (SSSR count). The average Bonchev–Trinajstić information content (AvgIpc) is 2.61. The highest BCUT2D eigenvalue weighted by Gasteiger charge is 2.12. The van der Waals surface area contributed by atoms with Crippen molar-refractivity contribution < 1.29 is 0 Å². The van der Waals surface area contributed by atoms with Gasteiger partial charge in [-0.1, -0.05) is 25.7 Å². The molecule has 0 atom stereocenters. The average molecular weight is 250 g/mol. The van der Waals surface area contributed by atoms with Crippen LogP contribution in [0, 0.1) is 0 Å². The first kappa shape index (κ1) is 12.9. The number of nitrogens with one attached hydrogen (secondary N) is 1. The van der Waals surface area contributed by atoms with Crippen molar-refractivity contribution in [3.63, 3.8) is 0 Å². The Morgan fingerprint density at radius 2 is 2.17 bits per heavy atom. The molecule has 0 aliphatic heterocycles. The first-order valence-corrected chi connectivity index (χ1v) is 6.65. The second-order valence-corrected chi connectivity index (χ2v) is 4.89. The van der Waals surface area contributed by atoms with Crippen molar-refractivity contribution >= 4 is 5.96 Å². The Kier molecular flexibility index (Phi) is 4.55. The molecule has 18 heavy (non-hydrogen) atoms. The molecule has 0 amide bonds. The van der Waals surface area contributed by atoms with Gasteiger partial charge in [0.25, 0.3) is 0 Å². The van der Waals surface area contributed by atoms with Crippen LogP contribution in [0.25, 0.3) is 0 Å². The number of nitrogens with two attached hydrogens (primary N) is 1. The summed E-state index contributed by atoms with van der Waals surface area (Å²) in [7, 11) is 1.90. The lowest BCUT2D eigenvalue weighted by Crippen LogP contribution is -2.39. The Labute approximate surface area is 108 Å². The predicted molar refractivity (Wildman–Crippen MR) is 71.0 cm³/mol. The lowest BCUT2D eigenvalue weighted by molar-refractivity contribution is 0.529. The Balaban J connectivity index is 1.83. The van der Waals surface area contributed by atoms with Crippen molar-refractivity contribution in [1.82, 2.24) is 20.1 Å². The summed E-state index contributed by atoms with van der Waals surface area (Å²) in [6.07, 6.45) is 9.31. The van der Waals surface area contributed by atoms with Crippen LogP contribution in [0.1, 0.15) is 44.3 Å². The molecule has 1 aromatic rings. The summed E-state index contributed by atoms with van der Waals surface area (Å²) in [5.41, 5.74) is 5.90. The summed E-state index contributed by atoms with van der Waals surface area (Å²) < 4.78 is 1.85. The van der Waals surface area contributed by atoms with Crippen LogP contribution in [-0.2, 0) is 13.6 Å². The third-order valence-electron chi connectivity index (χ3n) is 3.40. The van der Waals surface area contributed by atoms with E-state index >= 15 is 0 Å². The SMILES string of the molecule is Cn1cnnc1CN=C(N)NC1CCCCCC1. The van der Waals surface area contributed by atoms with E-state index in [2.05, 4.69) is 20.5 Å². The van der Waals surface area contributed by atoms with Crippen molar-refractivity contribution in [2.24, 2.45) is 17.8 Å². The van der Waals surface area contributed by atoms with E-state index in [4.69, 9.17) is 5.73 Å². The van der Waals surface area contributed by atoms with Gasteiger partial charge >= 0.3 is 0 Å². The molecule has 1 fully saturated rings. The van der Waals surface area contributed by atoms with Gasteiger partial charge in [0.1, 0.15) is 12.9 Å². The van der Waals surface area contributed by atoms with Crippen LogP contribution in [0.2, 0.25) is 0 Å². The largest absolute Gasteiger partial charge is 0.370 e. The van der Waals surface area contributed by atoms with E-state index in [-0.39, 0.29) is 0 Å². The van der Waals surface area contributed by atoms with Gasteiger partial charge in [-0.3, -0.25) is 0 Å². The number of hydrogen-bond donors (Lipinski definition) is 2. The normalized spacial score (nSPS) is 18.6. The summed E-state index contributed by atoms with van der Waals surface area (Å²) in [5, 5.41) is 11.1. The van der Waals surface area contributed by atoms with Gasteiger partial charge in [-0.2, -0.15) is 0 Å². The van der Waals surface area contributed by atoms with Crippen molar-refractivity contribution in [3.05, 3.63) is 12.2 Å². The smallest absolute Gasteiger partial charge is 0.189 e. The van der Waals surface area contributed by atoms with Crippen molar-refractivity contribution in [3.8, 4) is 0 Å². The second kappa shape index (κ2) is 6.37. The third kappa shape index (κ3) is 3.72. The van der Waals surface area contributed by atoms with Gasteiger partial charge in [0, 0.05) is 13.1 Å². The fraction of sp³-hybridized carbons (Fsp3) is 0.750. The first-order valence-electron chi connectivity index (χ1n) is 6.65. The van der Waals surface area contributed by atoms with Gasteiger partial charge < -0.3 is 15.6 Å². The van der Waals surface area contributed by atoms with Crippen molar-refractivity contribution in [2.75, 3.05) is 0 Å². The van der Waals surface area contributed by atoms with Crippen LogP contribution in [0.5, 0.6) is 0 Å². The molecule has 1 aliphatic rings. The van der Waals surface area contributed by atoms with Gasteiger partial charge in [-0.05, 0) is 12.8 Å². The number of aliphatic imine (C=N–C) groups is 1. The van der Waals surface area contributed by atoms with Gasteiger partial charge in [0.15, 0.2) is 11.8 Å². The highest BCUT2D eigenvalue weighted by atomic mass is 15.3. The fourth-order valence-corrected chi connectivity index (χ4v) is 2.28. The number of guanidine groups is 1. The molecule has 1 aromatic heterocycles. The minimum Gasteiger partial charge on any atom is -0.370 e. The molecule has 6 nitrogen and oxygen atoms in total. The molecule has 0 aromatic carbocycles. The lowest BCUT2D eigenvalue weighted by Gasteiger charge is -2.16. The number of hydrogen-bond acceptors (Lipinski definition) is 3. The molecular weight excluding hydrogens is 228 g/mol.